The van der Waals surface area contributed by atoms with Gasteiger partial charge in [-0.1, -0.05) is 60.7 Å². The second kappa shape index (κ2) is 4.64. The molecule has 0 radical (unpaired) electrons. The van der Waals surface area contributed by atoms with Gasteiger partial charge in [0.25, 0.3) is 0 Å². The Labute approximate surface area is 107 Å². The molecule has 0 saturated carbocycles. The van der Waals surface area contributed by atoms with Gasteiger partial charge in [0.2, 0.25) is 0 Å². The Hall–Kier alpha value is -2.11. The summed E-state index contributed by atoms with van der Waals surface area (Å²) in [5, 5.41) is 9.19. The van der Waals surface area contributed by atoms with Crippen molar-refractivity contribution < 1.29 is 0 Å². The number of hydrogen-bond acceptors (Lipinski definition) is 2. The second-order valence-electron chi connectivity index (χ2n) is 4.59. The fourth-order valence-electron chi connectivity index (χ4n) is 2.44. The van der Waals surface area contributed by atoms with E-state index in [4.69, 9.17) is 0 Å². The summed E-state index contributed by atoms with van der Waals surface area (Å²) in [6.07, 6.45) is 0. The van der Waals surface area contributed by atoms with Gasteiger partial charge in [-0.15, -0.1) is 0 Å². The van der Waals surface area contributed by atoms with Crippen LogP contribution in [0.1, 0.15) is 17.2 Å². The first-order chi connectivity index (χ1) is 8.90. The van der Waals surface area contributed by atoms with Crippen molar-refractivity contribution in [3.8, 4) is 6.07 Å². The van der Waals surface area contributed by atoms with Crippen LogP contribution in [-0.2, 0) is 6.54 Å². The van der Waals surface area contributed by atoms with Crippen LogP contribution >= 0.6 is 0 Å². The maximum atomic E-state index is 9.19. The van der Waals surface area contributed by atoms with Gasteiger partial charge >= 0.3 is 0 Å². The zero-order valence-electron chi connectivity index (χ0n) is 10.0. The molecule has 0 aromatic heterocycles. The molecule has 1 heterocycles. The van der Waals surface area contributed by atoms with Crippen molar-refractivity contribution in [2.24, 2.45) is 0 Å². The minimum Gasteiger partial charge on any atom is -0.272 e. The van der Waals surface area contributed by atoms with Crippen molar-refractivity contribution in [1.82, 2.24) is 4.90 Å². The maximum Gasteiger partial charge on any atom is 0.119 e. The van der Waals surface area contributed by atoms with E-state index in [1.165, 1.54) is 11.1 Å². The van der Waals surface area contributed by atoms with Gasteiger partial charge in [0.05, 0.1) is 12.1 Å². The Balaban J connectivity index is 1.77. The molecule has 2 aromatic carbocycles. The summed E-state index contributed by atoms with van der Waals surface area (Å²) in [4.78, 5) is 2.23. The predicted octanol–water partition coefficient (Wildman–Crippen LogP) is 3.14. The molecule has 88 valence electrons. The van der Waals surface area contributed by atoms with E-state index in [0.29, 0.717) is 0 Å². The van der Waals surface area contributed by atoms with Gasteiger partial charge in [0, 0.05) is 6.54 Å². The van der Waals surface area contributed by atoms with Crippen molar-refractivity contribution in [2.45, 2.75) is 18.6 Å². The largest absolute Gasteiger partial charge is 0.272 e. The van der Waals surface area contributed by atoms with Gasteiger partial charge in [-0.25, -0.2) is 0 Å². The summed E-state index contributed by atoms with van der Waals surface area (Å²) in [6.45, 7) is 0.846. The van der Waals surface area contributed by atoms with E-state index >= 15 is 0 Å². The molecule has 0 bridgehead atoms. The minimum atomic E-state index is 0.0209. The monoisotopic (exact) mass is 234 g/mol. The number of nitrogens with zero attached hydrogens (tertiary/aromatic N) is 2. The normalized spacial score (nSPS) is 25.4. The fourth-order valence-corrected chi connectivity index (χ4v) is 2.44. The average molecular weight is 234 g/mol. The Kier molecular flexibility index (Phi) is 2.84. The lowest BCUT2D eigenvalue weighted by molar-refractivity contribution is 0.495. The van der Waals surface area contributed by atoms with E-state index in [1.54, 1.807) is 0 Å². The second-order valence-corrected chi connectivity index (χ2v) is 4.59. The molecule has 0 spiro atoms. The molecule has 3 rings (SSSR count). The molecule has 3 atom stereocenters. The molecule has 1 unspecified atom stereocenters. The topological polar surface area (TPSA) is 26.8 Å². The van der Waals surface area contributed by atoms with Gasteiger partial charge < -0.3 is 0 Å². The van der Waals surface area contributed by atoms with E-state index in [-0.39, 0.29) is 12.1 Å². The maximum absolute atomic E-state index is 9.19. The molecular formula is C16H14N2. The molecule has 0 amide bonds. The summed E-state index contributed by atoms with van der Waals surface area (Å²) >= 11 is 0. The SMILES string of the molecule is N#C[C@@H]1[C@H](c2ccccc2)N1Cc1ccccc1. The summed E-state index contributed by atoms with van der Waals surface area (Å²) in [6, 6.07) is 23.2. The number of rotatable bonds is 3. The van der Waals surface area contributed by atoms with Crippen LogP contribution in [-0.4, -0.2) is 10.9 Å². The van der Waals surface area contributed by atoms with Gasteiger partial charge in [-0.05, 0) is 11.1 Å². The van der Waals surface area contributed by atoms with E-state index in [1.807, 2.05) is 36.4 Å². The van der Waals surface area contributed by atoms with Crippen LogP contribution in [0.15, 0.2) is 60.7 Å². The highest BCUT2D eigenvalue weighted by Gasteiger charge is 2.48. The van der Waals surface area contributed by atoms with Crippen LogP contribution in [0.3, 0.4) is 0 Å². The van der Waals surface area contributed by atoms with Crippen molar-refractivity contribution in [2.75, 3.05) is 0 Å². The van der Waals surface area contributed by atoms with Crippen molar-refractivity contribution in [3.63, 3.8) is 0 Å². The molecule has 2 aromatic rings. The molecule has 1 aliphatic heterocycles. The number of hydrogen-bond donors (Lipinski definition) is 0. The molecule has 1 saturated heterocycles. The van der Waals surface area contributed by atoms with Crippen LogP contribution in [0.25, 0.3) is 0 Å². The molecule has 2 heteroatoms. The predicted molar refractivity (Wildman–Crippen MR) is 70.6 cm³/mol. The number of benzene rings is 2. The first-order valence-electron chi connectivity index (χ1n) is 6.14. The highest BCUT2D eigenvalue weighted by molar-refractivity contribution is 5.32. The highest BCUT2D eigenvalue weighted by atomic mass is 15.3. The average Bonchev–Trinajstić information content (AvgIpc) is 3.14. The van der Waals surface area contributed by atoms with Crippen molar-refractivity contribution >= 4 is 0 Å². The zero-order valence-corrected chi connectivity index (χ0v) is 10.0. The van der Waals surface area contributed by atoms with E-state index in [9.17, 15) is 5.26 Å². The smallest absolute Gasteiger partial charge is 0.119 e. The lowest BCUT2D eigenvalue weighted by atomic mass is 10.1. The Morgan fingerprint density at radius 3 is 2.17 bits per heavy atom. The Bertz CT molecular complexity index is 557. The molecule has 18 heavy (non-hydrogen) atoms. The minimum absolute atomic E-state index is 0.0209. The molecular weight excluding hydrogens is 220 g/mol. The van der Waals surface area contributed by atoms with Crippen molar-refractivity contribution in [3.05, 3.63) is 71.8 Å². The Morgan fingerprint density at radius 2 is 1.56 bits per heavy atom. The Morgan fingerprint density at radius 1 is 0.944 bits per heavy atom. The van der Waals surface area contributed by atoms with Crippen LogP contribution in [0.2, 0.25) is 0 Å². The molecule has 1 fully saturated rings. The molecule has 1 aliphatic rings. The summed E-state index contributed by atoms with van der Waals surface area (Å²) in [7, 11) is 0. The molecule has 2 nitrogen and oxygen atoms in total. The lowest BCUT2D eigenvalue weighted by Crippen LogP contribution is -2.00. The molecule has 0 aliphatic carbocycles. The zero-order chi connectivity index (χ0) is 12.4. The van der Waals surface area contributed by atoms with Gasteiger partial charge in [0.1, 0.15) is 6.04 Å². The third-order valence-corrected chi connectivity index (χ3v) is 3.41. The van der Waals surface area contributed by atoms with E-state index in [0.717, 1.165) is 6.54 Å². The highest BCUT2D eigenvalue weighted by Crippen LogP contribution is 2.43. The third-order valence-electron chi connectivity index (χ3n) is 3.41. The molecule has 0 N–H and O–H groups in total. The van der Waals surface area contributed by atoms with Crippen LogP contribution in [0, 0.1) is 11.3 Å². The summed E-state index contributed by atoms with van der Waals surface area (Å²) in [5.74, 6) is 0. The third kappa shape index (κ3) is 2.01. The lowest BCUT2D eigenvalue weighted by Gasteiger charge is -2.03. The van der Waals surface area contributed by atoms with Gasteiger partial charge in [-0.3, -0.25) is 4.90 Å². The summed E-state index contributed by atoms with van der Waals surface area (Å²) in [5.41, 5.74) is 2.50. The van der Waals surface area contributed by atoms with Gasteiger partial charge in [0.15, 0.2) is 0 Å². The van der Waals surface area contributed by atoms with Crippen LogP contribution < -0.4 is 0 Å². The first kappa shape index (κ1) is 11.0. The quantitative estimate of drug-likeness (QED) is 0.763. The first-order valence-corrected chi connectivity index (χ1v) is 6.14. The van der Waals surface area contributed by atoms with E-state index < -0.39 is 0 Å². The number of nitriles is 1. The summed E-state index contributed by atoms with van der Waals surface area (Å²) < 4.78 is 0. The van der Waals surface area contributed by atoms with Gasteiger partial charge in [-0.2, -0.15) is 5.26 Å². The van der Waals surface area contributed by atoms with Crippen LogP contribution in [0.4, 0.5) is 0 Å². The fraction of sp³-hybridized carbons (Fsp3) is 0.188. The standard InChI is InChI=1S/C16H14N2/c17-11-15-16(14-9-5-2-6-10-14)18(15)12-13-7-3-1-4-8-13/h1-10,15-16H,12H2/t15-,16+,18?/m1/s1. The van der Waals surface area contributed by atoms with Crippen LogP contribution in [0.5, 0.6) is 0 Å². The van der Waals surface area contributed by atoms with Crippen molar-refractivity contribution in [1.29, 1.82) is 5.26 Å². The van der Waals surface area contributed by atoms with E-state index in [2.05, 4.69) is 35.2 Å².